The van der Waals surface area contributed by atoms with Crippen molar-refractivity contribution < 1.29 is 18.3 Å². The molecule has 0 radical (unpaired) electrons. The fourth-order valence-electron chi connectivity index (χ4n) is 3.45. The number of pyridine rings is 1. The molecule has 4 heterocycles. The Labute approximate surface area is 203 Å². The fraction of sp³-hybridized carbons (Fsp3) is 0.217. The molecule has 1 atom stereocenters. The summed E-state index contributed by atoms with van der Waals surface area (Å²) in [4.78, 5) is 16.5. The average molecular weight is 491 g/mol. The maximum Gasteiger partial charge on any atom is 0.463 e. The molecule has 5 aromatic rings. The van der Waals surface area contributed by atoms with Crippen LogP contribution in [-0.2, 0) is 22.5 Å². The maximum atomic E-state index is 12.2. The molecule has 0 fully saturated rings. The molecule has 0 saturated carbocycles. The topological polar surface area (TPSA) is 137 Å². The minimum absolute atomic E-state index is 0.134. The number of amides is 1. The van der Waals surface area contributed by atoms with Crippen LogP contribution in [0.2, 0.25) is 0 Å². The predicted octanol–water partition coefficient (Wildman–Crippen LogP) is 2.76. The lowest BCUT2D eigenvalue weighted by molar-refractivity contribution is 0.0953. The minimum atomic E-state index is -0.285. The number of rotatable bonds is 8. The molecule has 1 N–H and O–H groups in total. The summed E-state index contributed by atoms with van der Waals surface area (Å²) in [5.74, 6) is 1.18. The first-order valence-corrected chi connectivity index (χ1v) is 11.6. The number of carbonyl (C=O) groups is 1. The van der Waals surface area contributed by atoms with Crippen molar-refractivity contribution >= 4 is 34.0 Å². The van der Waals surface area contributed by atoms with Gasteiger partial charge in [0.2, 0.25) is 11.7 Å². The molecule has 4 aromatic heterocycles. The van der Waals surface area contributed by atoms with Crippen LogP contribution in [0.4, 0.5) is 0 Å². The van der Waals surface area contributed by atoms with Crippen LogP contribution in [0.15, 0.2) is 53.2 Å². The molecule has 11 nitrogen and oxygen atoms in total. The molecular formula is C23H20N7O4S+. The Kier molecular flexibility index (Phi) is 6.10. The van der Waals surface area contributed by atoms with Crippen molar-refractivity contribution in [3.63, 3.8) is 0 Å². The number of nitrogens with zero attached hydrogens (tertiary/aromatic N) is 6. The number of hydrogen-bond donors (Lipinski definition) is 1. The van der Waals surface area contributed by atoms with E-state index >= 15 is 0 Å². The van der Waals surface area contributed by atoms with Gasteiger partial charge in [0, 0.05) is 27.2 Å². The standard InChI is InChI=1S/C23H19N7O4S/c1-13-9-19(29-34-13)21-27-26-20-17-5-3-4-6-18(17)23(28-30(20)21)33-12-16-8-7-15(11-24-16)22(31)25-10-14(2)35-32/h3-9,11,14H,10,12H2,1-2H3/p+1/t14-/m0/s1. The quantitative estimate of drug-likeness (QED) is 0.325. The first kappa shape index (κ1) is 22.5. The van der Waals surface area contributed by atoms with Crippen LogP contribution in [0.25, 0.3) is 27.9 Å². The normalized spacial score (nSPS) is 12.1. The maximum absolute atomic E-state index is 12.2. The SMILES string of the molecule is Cc1cc(-c2nnc3c4ccccc4c(OCc4ccc(C(=O)NC[C@H](C)[S+]=O)cn4)nn23)no1. The zero-order chi connectivity index (χ0) is 24.4. The van der Waals surface area contributed by atoms with Gasteiger partial charge in [0.15, 0.2) is 11.3 Å². The predicted molar refractivity (Wildman–Crippen MR) is 127 cm³/mol. The zero-order valence-corrected chi connectivity index (χ0v) is 19.7. The zero-order valence-electron chi connectivity index (χ0n) is 18.8. The minimum Gasteiger partial charge on any atom is -0.470 e. The summed E-state index contributed by atoms with van der Waals surface area (Å²) in [7, 11) is 0. The van der Waals surface area contributed by atoms with Crippen molar-refractivity contribution in [3.8, 4) is 17.4 Å². The van der Waals surface area contributed by atoms with Gasteiger partial charge in [-0.05, 0) is 32.0 Å². The van der Waals surface area contributed by atoms with Crippen LogP contribution < -0.4 is 10.1 Å². The number of aromatic nitrogens is 6. The highest BCUT2D eigenvalue weighted by Crippen LogP contribution is 2.29. The van der Waals surface area contributed by atoms with Crippen molar-refractivity contribution in [3.05, 3.63) is 65.7 Å². The van der Waals surface area contributed by atoms with Crippen molar-refractivity contribution in [1.29, 1.82) is 0 Å². The monoisotopic (exact) mass is 490 g/mol. The fourth-order valence-corrected chi connectivity index (χ4v) is 3.60. The lowest BCUT2D eigenvalue weighted by Gasteiger charge is -2.10. The largest absolute Gasteiger partial charge is 0.470 e. The summed E-state index contributed by atoms with van der Waals surface area (Å²) in [5.41, 5.74) is 2.11. The number of nitrogens with one attached hydrogen (secondary N) is 1. The number of ether oxygens (including phenoxy) is 1. The summed E-state index contributed by atoms with van der Waals surface area (Å²) >= 11 is 0.451. The Morgan fingerprint density at radius 3 is 2.74 bits per heavy atom. The number of hydrogen-bond acceptors (Lipinski definition) is 9. The Bertz CT molecular complexity index is 1530. The second-order valence-corrected chi connectivity index (χ2v) is 8.87. The molecule has 35 heavy (non-hydrogen) atoms. The van der Waals surface area contributed by atoms with Crippen molar-refractivity contribution in [1.82, 2.24) is 35.3 Å². The molecule has 1 amide bonds. The summed E-state index contributed by atoms with van der Waals surface area (Å²) in [6.07, 6.45) is 1.47. The van der Waals surface area contributed by atoms with E-state index in [0.717, 1.165) is 10.8 Å². The summed E-state index contributed by atoms with van der Waals surface area (Å²) in [6.45, 7) is 3.97. The van der Waals surface area contributed by atoms with Crippen LogP contribution in [0.3, 0.4) is 0 Å². The third-order valence-electron chi connectivity index (χ3n) is 5.24. The van der Waals surface area contributed by atoms with Crippen molar-refractivity contribution in [2.75, 3.05) is 6.54 Å². The van der Waals surface area contributed by atoms with Crippen LogP contribution >= 0.6 is 0 Å². The Hall–Kier alpha value is -4.32. The van der Waals surface area contributed by atoms with E-state index in [4.69, 9.17) is 9.26 Å². The van der Waals surface area contributed by atoms with Crippen LogP contribution in [0.1, 0.15) is 28.7 Å². The molecule has 0 aliphatic heterocycles. The van der Waals surface area contributed by atoms with Gasteiger partial charge in [-0.1, -0.05) is 23.4 Å². The van der Waals surface area contributed by atoms with Gasteiger partial charge in [0.25, 0.3) is 11.2 Å². The van der Waals surface area contributed by atoms with Gasteiger partial charge in [-0.15, -0.1) is 15.3 Å². The molecule has 12 heteroatoms. The highest BCUT2D eigenvalue weighted by Gasteiger charge is 2.19. The van der Waals surface area contributed by atoms with Crippen molar-refractivity contribution in [2.24, 2.45) is 0 Å². The molecular weight excluding hydrogens is 470 g/mol. The molecule has 0 spiro atoms. The van der Waals surface area contributed by atoms with Crippen molar-refractivity contribution in [2.45, 2.75) is 25.7 Å². The van der Waals surface area contributed by atoms with Gasteiger partial charge in [-0.25, -0.2) is 0 Å². The van der Waals surface area contributed by atoms with Gasteiger partial charge >= 0.3 is 11.7 Å². The van der Waals surface area contributed by atoms with Gasteiger partial charge in [-0.3, -0.25) is 9.78 Å². The number of benzene rings is 1. The van der Waals surface area contributed by atoms with E-state index in [-0.39, 0.29) is 24.3 Å². The van der Waals surface area contributed by atoms with E-state index < -0.39 is 0 Å². The van der Waals surface area contributed by atoms with Crippen LogP contribution in [-0.4, -0.2) is 47.7 Å². The van der Waals surface area contributed by atoms with Gasteiger partial charge in [0.1, 0.15) is 12.4 Å². The first-order valence-electron chi connectivity index (χ1n) is 10.8. The summed E-state index contributed by atoms with van der Waals surface area (Å²) < 4.78 is 23.6. The van der Waals surface area contributed by atoms with E-state index in [1.807, 2.05) is 24.3 Å². The number of aryl methyl sites for hydroxylation is 1. The average Bonchev–Trinajstić information content (AvgIpc) is 3.51. The Morgan fingerprint density at radius 2 is 2.03 bits per heavy atom. The van der Waals surface area contributed by atoms with E-state index in [0.29, 0.717) is 51.7 Å². The second kappa shape index (κ2) is 9.50. The number of carbonyl (C=O) groups excluding carboxylic acids is 1. The Morgan fingerprint density at radius 1 is 1.20 bits per heavy atom. The summed E-state index contributed by atoms with van der Waals surface area (Å²) in [6, 6.07) is 12.7. The van der Waals surface area contributed by atoms with E-state index in [1.165, 1.54) is 6.20 Å². The second-order valence-electron chi connectivity index (χ2n) is 7.88. The van der Waals surface area contributed by atoms with Crippen LogP contribution in [0, 0.1) is 6.92 Å². The molecule has 0 unspecified atom stereocenters. The van der Waals surface area contributed by atoms with E-state index in [2.05, 4.69) is 30.8 Å². The lowest BCUT2D eigenvalue weighted by atomic mass is 10.2. The number of fused-ring (bicyclic) bond motifs is 3. The molecule has 0 saturated heterocycles. The van der Waals surface area contributed by atoms with Crippen LogP contribution in [0.5, 0.6) is 5.88 Å². The third kappa shape index (κ3) is 4.55. The smallest absolute Gasteiger partial charge is 0.463 e. The first-order chi connectivity index (χ1) is 17.0. The molecule has 0 aliphatic carbocycles. The molecule has 176 valence electrons. The molecule has 5 rings (SSSR count). The van der Waals surface area contributed by atoms with E-state index in [9.17, 15) is 9.00 Å². The lowest BCUT2D eigenvalue weighted by Crippen LogP contribution is -2.30. The molecule has 0 bridgehead atoms. The van der Waals surface area contributed by atoms with Gasteiger partial charge in [0.05, 0.1) is 17.8 Å². The van der Waals surface area contributed by atoms with E-state index in [1.54, 1.807) is 36.6 Å². The highest BCUT2D eigenvalue weighted by atomic mass is 32.1. The third-order valence-corrected chi connectivity index (χ3v) is 5.74. The molecule has 1 aromatic carbocycles. The van der Waals surface area contributed by atoms with Gasteiger partial charge in [-0.2, -0.15) is 4.52 Å². The molecule has 0 aliphatic rings. The Balaban J connectivity index is 1.40. The summed E-state index contributed by atoms with van der Waals surface area (Å²) in [5, 5.41) is 21.3. The van der Waals surface area contributed by atoms with Gasteiger partial charge < -0.3 is 14.6 Å². The highest BCUT2D eigenvalue weighted by molar-refractivity contribution is 7.66.